The smallest absolute Gasteiger partial charge is 0.0972 e. The molecule has 0 N–H and O–H groups in total. The Balaban J connectivity index is 1.31. The fourth-order valence-corrected chi connectivity index (χ4v) is 8.70. The lowest BCUT2D eigenvalue weighted by molar-refractivity contribution is 0.578. The average Bonchev–Trinajstić information content (AvgIpc) is 3.19. The Morgan fingerprint density at radius 2 is 1.00 bits per heavy atom. The quantitative estimate of drug-likeness (QED) is 0.140. The van der Waals surface area contributed by atoms with Gasteiger partial charge in [0, 0.05) is 60.1 Å². The van der Waals surface area contributed by atoms with Crippen molar-refractivity contribution in [3.8, 4) is 22.4 Å². The third kappa shape index (κ3) is 4.96. The second-order valence-corrected chi connectivity index (χ2v) is 14.3. The van der Waals surface area contributed by atoms with Gasteiger partial charge in [-0.15, -0.1) is 0 Å². The van der Waals surface area contributed by atoms with Crippen LogP contribution >= 0.6 is 0 Å². The molecule has 10 rings (SSSR count). The van der Waals surface area contributed by atoms with Crippen molar-refractivity contribution in [1.82, 2.24) is 9.97 Å². The molecular weight excluding hydrogens is 609 g/mol. The number of aromatic nitrogens is 2. The van der Waals surface area contributed by atoms with Crippen LogP contribution in [0.4, 0.5) is 11.4 Å². The fraction of sp³-hybridized carbons (Fsp3) is 0.217. The van der Waals surface area contributed by atoms with E-state index in [4.69, 9.17) is 9.97 Å². The Labute approximate surface area is 293 Å². The zero-order valence-electron chi connectivity index (χ0n) is 28.4. The average molecular weight is 649 g/mol. The Morgan fingerprint density at radius 3 is 1.72 bits per heavy atom. The van der Waals surface area contributed by atoms with Crippen molar-refractivity contribution in [3.63, 3.8) is 0 Å². The maximum atomic E-state index is 5.49. The number of hydrogen-bond donors (Lipinski definition) is 0. The first-order valence-corrected chi connectivity index (χ1v) is 18.5. The number of anilines is 2. The highest BCUT2D eigenvalue weighted by molar-refractivity contribution is 6.22. The molecule has 6 aromatic carbocycles. The Bertz CT molecular complexity index is 2580. The minimum absolute atomic E-state index is 0.953. The van der Waals surface area contributed by atoms with Crippen LogP contribution in [-0.4, -0.2) is 36.1 Å². The van der Waals surface area contributed by atoms with Gasteiger partial charge in [0.1, 0.15) is 0 Å². The normalized spacial score (nSPS) is 15.5. The van der Waals surface area contributed by atoms with E-state index in [0.29, 0.717) is 0 Å². The number of hydrogen-bond acceptors (Lipinski definition) is 4. The van der Waals surface area contributed by atoms with Gasteiger partial charge in [0.05, 0.1) is 16.7 Å². The fourth-order valence-electron chi connectivity index (χ4n) is 8.70. The molecule has 4 heteroatoms. The van der Waals surface area contributed by atoms with Crippen LogP contribution in [0.5, 0.6) is 0 Å². The Kier molecular flexibility index (Phi) is 7.14. The second kappa shape index (κ2) is 12.1. The van der Waals surface area contributed by atoms with Gasteiger partial charge in [-0.25, -0.2) is 4.98 Å². The molecule has 8 aromatic rings. The summed E-state index contributed by atoms with van der Waals surface area (Å²) in [5, 5.41) is 9.83. The van der Waals surface area contributed by atoms with Crippen LogP contribution in [0.25, 0.3) is 76.5 Å². The summed E-state index contributed by atoms with van der Waals surface area (Å²) >= 11 is 0. The molecule has 2 aliphatic rings. The molecule has 0 unspecified atom stereocenters. The van der Waals surface area contributed by atoms with Crippen LogP contribution in [0.3, 0.4) is 0 Å². The van der Waals surface area contributed by atoms with E-state index in [1.807, 2.05) is 12.3 Å². The zero-order chi connectivity index (χ0) is 33.0. The van der Waals surface area contributed by atoms with E-state index in [0.717, 1.165) is 53.7 Å². The maximum absolute atomic E-state index is 5.49. The summed E-state index contributed by atoms with van der Waals surface area (Å²) in [6.07, 6.45) is 9.51. The van der Waals surface area contributed by atoms with Crippen molar-refractivity contribution in [1.29, 1.82) is 0 Å². The number of piperidine rings is 2. The molecule has 2 saturated heterocycles. The van der Waals surface area contributed by atoms with Crippen molar-refractivity contribution < 1.29 is 0 Å². The third-order valence-electron chi connectivity index (χ3n) is 11.3. The van der Waals surface area contributed by atoms with Crippen LogP contribution in [0, 0.1) is 0 Å². The molecule has 0 saturated carbocycles. The van der Waals surface area contributed by atoms with E-state index >= 15 is 0 Å². The van der Waals surface area contributed by atoms with E-state index in [2.05, 4.69) is 119 Å². The van der Waals surface area contributed by atoms with E-state index in [1.54, 1.807) is 0 Å². The zero-order valence-corrected chi connectivity index (χ0v) is 28.4. The maximum Gasteiger partial charge on any atom is 0.0972 e. The molecule has 2 aliphatic heterocycles. The van der Waals surface area contributed by atoms with Crippen LogP contribution in [0.15, 0.2) is 121 Å². The number of benzene rings is 6. The van der Waals surface area contributed by atoms with Crippen molar-refractivity contribution in [2.75, 3.05) is 36.0 Å². The van der Waals surface area contributed by atoms with Gasteiger partial charge in [-0.2, -0.15) is 0 Å². The predicted molar refractivity (Wildman–Crippen MR) is 213 cm³/mol. The highest BCUT2D eigenvalue weighted by Gasteiger charge is 2.22. The van der Waals surface area contributed by atoms with Gasteiger partial charge in [-0.05, 0) is 124 Å². The van der Waals surface area contributed by atoms with Gasteiger partial charge in [0.25, 0.3) is 0 Å². The number of pyridine rings is 2. The number of fused-ring (bicyclic) bond motifs is 6. The van der Waals surface area contributed by atoms with Crippen molar-refractivity contribution in [2.45, 2.75) is 38.5 Å². The molecule has 50 heavy (non-hydrogen) atoms. The molecular formula is C46H40N4. The monoisotopic (exact) mass is 648 g/mol. The molecule has 244 valence electrons. The first-order chi connectivity index (χ1) is 24.8. The summed E-state index contributed by atoms with van der Waals surface area (Å²) in [6.45, 7) is 4.44. The minimum atomic E-state index is 0.953. The lowest BCUT2D eigenvalue weighted by Gasteiger charge is -2.30. The molecule has 4 heterocycles. The van der Waals surface area contributed by atoms with Gasteiger partial charge in [0.15, 0.2) is 0 Å². The van der Waals surface area contributed by atoms with Crippen molar-refractivity contribution >= 4 is 65.5 Å². The van der Waals surface area contributed by atoms with Gasteiger partial charge in [-0.1, -0.05) is 72.8 Å². The van der Waals surface area contributed by atoms with Crippen LogP contribution in [0.2, 0.25) is 0 Å². The highest BCUT2D eigenvalue weighted by Crippen LogP contribution is 2.46. The van der Waals surface area contributed by atoms with Crippen molar-refractivity contribution in [2.24, 2.45) is 0 Å². The van der Waals surface area contributed by atoms with E-state index in [1.165, 1.54) is 98.9 Å². The summed E-state index contributed by atoms with van der Waals surface area (Å²) in [5.41, 5.74) is 9.30. The molecule has 0 spiro atoms. The Morgan fingerprint density at radius 1 is 0.420 bits per heavy atom. The van der Waals surface area contributed by atoms with Crippen LogP contribution in [0.1, 0.15) is 38.5 Å². The van der Waals surface area contributed by atoms with E-state index in [-0.39, 0.29) is 0 Å². The molecule has 0 atom stereocenters. The molecule has 0 bridgehead atoms. The Hall–Kier alpha value is -5.48. The summed E-state index contributed by atoms with van der Waals surface area (Å²) < 4.78 is 0. The third-order valence-corrected chi connectivity index (χ3v) is 11.3. The standard InChI is InChI=1S/C46H40N4/c1-5-24-49(25-6-1)36-19-21-39-40(29-36)43(35-16-13-31-10-3-4-11-34(31)28-35)38-20-18-37(50-26-7-2-8-27-50)30-41(38)44(39)42-22-17-33-15-14-32-12-9-23-47-45(32)46(33)48-42/h3-4,9-23,28-30H,1-2,5-8,24-27H2. The molecule has 0 radical (unpaired) electrons. The SMILES string of the molecule is c1ccc2cc(-c3c4cc(N5CCCCC5)ccc4c(-c4ccc5ccc6cccnc6c5n4)c4cc(N5CCCCC5)ccc34)ccc2c1. The van der Waals surface area contributed by atoms with E-state index in [9.17, 15) is 0 Å². The van der Waals surface area contributed by atoms with Crippen LogP contribution < -0.4 is 9.80 Å². The first kappa shape index (κ1) is 29.4. The second-order valence-electron chi connectivity index (χ2n) is 14.3. The van der Waals surface area contributed by atoms with Crippen LogP contribution in [-0.2, 0) is 0 Å². The first-order valence-electron chi connectivity index (χ1n) is 18.5. The van der Waals surface area contributed by atoms with E-state index < -0.39 is 0 Å². The van der Waals surface area contributed by atoms with Gasteiger partial charge in [-0.3, -0.25) is 4.98 Å². The lowest BCUT2D eigenvalue weighted by atomic mass is 9.86. The van der Waals surface area contributed by atoms with Gasteiger partial charge in [0.2, 0.25) is 0 Å². The summed E-state index contributed by atoms with van der Waals surface area (Å²) in [4.78, 5) is 15.5. The molecule has 0 amide bonds. The lowest BCUT2D eigenvalue weighted by Crippen LogP contribution is -2.29. The summed E-state index contributed by atoms with van der Waals surface area (Å²) in [5.74, 6) is 0. The molecule has 2 fully saturated rings. The largest absolute Gasteiger partial charge is 0.372 e. The van der Waals surface area contributed by atoms with Gasteiger partial charge < -0.3 is 9.80 Å². The minimum Gasteiger partial charge on any atom is -0.372 e. The number of nitrogens with zero attached hydrogens (tertiary/aromatic N) is 4. The highest BCUT2D eigenvalue weighted by atomic mass is 15.1. The number of rotatable bonds is 4. The summed E-state index contributed by atoms with van der Waals surface area (Å²) in [7, 11) is 0. The predicted octanol–water partition coefficient (Wildman–Crippen LogP) is 11.6. The van der Waals surface area contributed by atoms with Crippen molar-refractivity contribution in [3.05, 3.63) is 121 Å². The molecule has 0 aliphatic carbocycles. The topological polar surface area (TPSA) is 32.3 Å². The van der Waals surface area contributed by atoms with Gasteiger partial charge >= 0.3 is 0 Å². The molecule has 2 aromatic heterocycles. The molecule has 4 nitrogen and oxygen atoms in total. The summed E-state index contributed by atoms with van der Waals surface area (Å²) in [6, 6.07) is 43.1.